The van der Waals surface area contributed by atoms with Crippen LogP contribution in [0, 0.1) is 24.5 Å². The number of anilines is 2. The lowest BCUT2D eigenvalue weighted by atomic mass is 10.1. The quantitative estimate of drug-likeness (QED) is 0.138. The lowest BCUT2D eigenvalue weighted by Gasteiger charge is -2.41. The molecule has 0 saturated carbocycles. The summed E-state index contributed by atoms with van der Waals surface area (Å²) in [5, 5.41) is 15.5. The maximum atomic E-state index is 13.1. The van der Waals surface area contributed by atoms with Gasteiger partial charge in [-0.2, -0.15) is 15.3 Å². The Kier molecular flexibility index (Phi) is 14.5. The number of rotatable bonds is 9. The van der Waals surface area contributed by atoms with E-state index < -0.39 is 0 Å². The third kappa shape index (κ3) is 10.0. The third-order valence-corrected chi connectivity index (χ3v) is 13.2. The van der Waals surface area contributed by atoms with Crippen molar-refractivity contribution in [1.82, 2.24) is 39.1 Å². The minimum absolute atomic E-state index is 0.0105. The van der Waals surface area contributed by atoms with Gasteiger partial charge in [0.25, 0.3) is 0 Å². The van der Waals surface area contributed by atoms with E-state index >= 15 is 0 Å². The highest BCUT2D eigenvalue weighted by molar-refractivity contribution is 14.1. The highest BCUT2D eigenvalue weighted by Crippen LogP contribution is 2.32. The summed E-state index contributed by atoms with van der Waals surface area (Å²) in [6, 6.07) is 13.5. The van der Waals surface area contributed by atoms with Crippen LogP contribution >= 0.6 is 69.0 Å². The molecule has 2 aromatic carbocycles. The Morgan fingerprint density at radius 2 is 1.17 bits per heavy atom. The number of ether oxygens (including phenoxy) is 2. The molecule has 0 radical (unpaired) electrons. The number of hydrogen-bond acceptors (Lipinski definition) is 9. The average molecular weight is 1000 g/mol. The molecule has 0 bridgehead atoms. The number of amides is 2. The number of aryl methyl sites for hydroxylation is 1. The molecule has 7 rings (SSSR count). The SMILES string of the molecule is COc1cc(N2CCN(C(=O)Cn3nc(-n4ccc(C)n4)c(Cl)c3C)[C@@H](C)C2)ccc1Cl.COc1cc(N2CCN(C(=O)Cn3nc(I)c(Cl)c3C)C(C)C2)ccc1Cl. The Bertz CT molecular complexity index is 2320. The van der Waals surface area contributed by atoms with Crippen LogP contribution in [0.1, 0.15) is 30.9 Å². The highest BCUT2D eigenvalue weighted by Gasteiger charge is 2.30. The van der Waals surface area contributed by atoms with Crippen LogP contribution in [-0.2, 0) is 22.7 Å². The fourth-order valence-corrected chi connectivity index (χ4v) is 8.63. The van der Waals surface area contributed by atoms with Gasteiger partial charge in [0, 0.05) is 81.1 Å². The molecule has 2 saturated heterocycles. The molecule has 14 nitrogen and oxygen atoms in total. The van der Waals surface area contributed by atoms with Crippen molar-refractivity contribution in [2.75, 3.05) is 63.3 Å². The molecule has 5 aromatic rings. The third-order valence-electron chi connectivity index (χ3n) is 10.6. The topological polar surface area (TPSA) is 119 Å². The smallest absolute Gasteiger partial charge is 0.244 e. The summed E-state index contributed by atoms with van der Waals surface area (Å²) >= 11 is 27.0. The molecule has 2 amide bonds. The van der Waals surface area contributed by atoms with Crippen LogP contribution in [-0.4, -0.2) is 117 Å². The van der Waals surface area contributed by atoms with E-state index in [2.05, 4.69) is 61.5 Å². The van der Waals surface area contributed by atoms with Gasteiger partial charge in [0.05, 0.1) is 46.4 Å². The van der Waals surface area contributed by atoms with Gasteiger partial charge in [0.2, 0.25) is 11.8 Å². The Hall–Kier alpha value is -3.90. The van der Waals surface area contributed by atoms with Crippen molar-refractivity contribution in [3.05, 3.63) is 89.5 Å². The van der Waals surface area contributed by atoms with E-state index in [1.54, 1.807) is 28.3 Å². The van der Waals surface area contributed by atoms with Crippen LogP contribution in [0.4, 0.5) is 11.4 Å². The van der Waals surface area contributed by atoms with Crippen molar-refractivity contribution in [3.8, 4) is 17.3 Å². The van der Waals surface area contributed by atoms with E-state index in [-0.39, 0.29) is 37.0 Å². The molecule has 316 valence electrons. The Morgan fingerprint density at radius 1 is 0.695 bits per heavy atom. The average Bonchev–Trinajstić information content (AvgIpc) is 3.85. The summed E-state index contributed by atoms with van der Waals surface area (Å²) in [4.78, 5) is 34.2. The molecule has 5 heterocycles. The second kappa shape index (κ2) is 19.2. The summed E-state index contributed by atoms with van der Waals surface area (Å²) < 4.78 is 16.3. The largest absolute Gasteiger partial charge is 0.495 e. The van der Waals surface area contributed by atoms with Gasteiger partial charge in [-0.1, -0.05) is 46.4 Å². The molecule has 1 unspecified atom stereocenters. The molecule has 59 heavy (non-hydrogen) atoms. The standard InChI is InChI=1S/C22H26Cl2N6O2.C18H21Cl2IN4O2/c1-14-7-8-29(25-14)22-21(24)16(3)30(26-22)13-20(31)28-10-9-27(12-15(28)2)17-5-6-18(23)19(11-17)32-4;1-11-9-23(13-4-5-14(19)15(8-13)27-3)6-7-24(11)16(26)10-25-12(2)17(20)18(21)22-25/h5-8,11,15H,9-10,12-13H2,1-4H3;4-5,8,11H,6-7,9-10H2,1-3H3/t15-;/m0./s1. The first-order chi connectivity index (χ1) is 28.1. The summed E-state index contributed by atoms with van der Waals surface area (Å²) in [7, 11) is 3.21. The summed E-state index contributed by atoms with van der Waals surface area (Å²) in [5.41, 5.74) is 4.49. The van der Waals surface area contributed by atoms with Gasteiger partial charge >= 0.3 is 0 Å². The number of carbonyl (C=O) groups is 2. The van der Waals surface area contributed by atoms with Crippen molar-refractivity contribution in [3.63, 3.8) is 0 Å². The van der Waals surface area contributed by atoms with Gasteiger partial charge in [-0.25, -0.2) is 4.68 Å². The van der Waals surface area contributed by atoms with E-state index in [0.29, 0.717) is 60.7 Å². The monoisotopic (exact) mass is 998 g/mol. The molecule has 2 aliphatic rings. The van der Waals surface area contributed by atoms with Crippen LogP contribution in [0.25, 0.3) is 5.82 Å². The number of carbonyl (C=O) groups excluding carboxylic acids is 2. The first kappa shape index (κ1) is 44.6. The maximum absolute atomic E-state index is 13.1. The summed E-state index contributed by atoms with van der Waals surface area (Å²) in [5.74, 6) is 1.89. The molecule has 0 spiro atoms. The molecule has 0 N–H and O–H groups in total. The van der Waals surface area contributed by atoms with Gasteiger partial charge in [0.15, 0.2) is 5.82 Å². The van der Waals surface area contributed by atoms with Crippen molar-refractivity contribution in [2.45, 2.75) is 59.8 Å². The van der Waals surface area contributed by atoms with Crippen molar-refractivity contribution >= 4 is 92.2 Å². The number of aromatic nitrogens is 6. The number of hydrogen-bond donors (Lipinski definition) is 0. The first-order valence-corrected chi connectivity index (χ1v) is 21.6. The molecule has 3 aromatic heterocycles. The van der Waals surface area contributed by atoms with Crippen molar-refractivity contribution < 1.29 is 19.1 Å². The minimum atomic E-state index is 0.0105. The van der Waals surface area contributed by atoms with E-state index in [1.807, 2.05) is 79.2 Å². The maximum Gasteiger partial charge on any atom is 0.244 e. The van der Waals surface area contributed by atoms with Crippen molar-refractivity contribution in [1.29, 1.82) is 0 Å². The van der Waals surface area contributed by atoms with Crippen LogP contribution in [0.5, 0.6) is 11.5 Å². The summed E-state index contributed by atoms with van der Waals surface area (Å²) in [6.07, 6.45) is 1.81. The molecule has 2 atom stereocenters. The molecule has 0 aliphatic carbocycles. The number of methoxy groups -OCH3 is 2. The predicted molar refractivity (Wildman–Crippen MR) is 241 cm³/mol. The lowest BCUT2D eigenvalue weighted by molar-refractivity contribution is -0.135. The lowest BCUT2D eigenvalue weighted by Crippen LogP contribution is -2.54. The minimum Gasteiger partial charge on any atom is -0.495 e. The number of benzene rings is 2. The number of nitrogens with zero attached hydrogens (tertiary/aromatic N) is 10. The normalized spacial score (nSPS) is 16.9. The zero-order chi connectivity index (χ0) is 42.7. The molecule has 2 fully saturated rings. The number of piperazine rings is 2. The van der Waals surface area contributed by atoms with E-state index in [4.69, 9.17) is 55.9 Å². The molecule has 2 aliphatic heterocycles. The predicted octanol–water partition coefficient (Wildman–Crippen LogP) is 7.59. The van der Waals surface area contributed by atoms with Crippen LogP contribution < -0.4 is 19.3 Å². The summed E-state index contributed by atoms with van der Waals surface area (Å²) in [6.45, 7) is 14.3. The number of halogens is 5. The van der Waals surface area contributed by atoms with Gasteiger partial charge in [-0.05, 0) is 87.5 Å². The molecule has 19 heteroatoms. The Labute approximate surface area is 377 Å². The van der Waals surface area contributed by atoms with E-state index in [0.717, 1.165) is 48.1 Å². The zero-order valence-corrected chi connectivity index (χ0v) is 39.1. The molecular weight excluding hydrogens is 953 g/mol. The second-order valence-electron chi connectivity index (χ2n) is 14.5. The van der Waals surface area contributed by atoms with Gasteiger partial charge in [0.1, 0.15) is 33.3 Å². The Morgan fingerprint density at radius 3 is 1.58 bits per heavy atom. The van der Waals surface area contributed by atoms with Crippen molar-refractivity contribution in [2.24, 2.45) is 0 Å². The zero-order valence-electron chi connectivity index (χ0n) is 33.9. The highest BCUT2D eigenvalue weighted by atomic mass is 127. The van der Waals surface area contributed by atoms with E-state index in [1.165, 1.54) is 0 Å². The van der Waals surface area contributed by atoms with Crippen LogP contribution in [0.3, 0.4) is 0 Å². The van der Waals surface area contributed by atoms with Crippen LogP contribution in [0.2, 0.25) is 20.1 Å². The van der Waals surface area contributed by atoms with Gasteiger partial charge in [-0.15, -0.1) is 0 Å². The Balaban J connectivity index is 0.000000201. The second-order valence-corrected chi connectivity index (χ2v) is 17.1. The fraction of sp³-hybridized carbons (Fsp3) is 0.425. The van der Waals surface area contributed by atoms with Gasteiger partial charge in [-0.3, -0.25) is 19.0 Å². The molecular formula is C40H47Cl4IN10O4. The van der Waals surface area contributed by atoms with Gasteiger partial charge < -0.3 is 29.1 Å². The first-order valence-electron chi connectivity index (χ1n) is 19.0. The van der Waals surface area contributed by atoms with Crippen LogP contribution in [0.15, 0.2) is 48.7 Å². The fourth-order valence-electron chi connectivity index (χ4n) is 7.24. The van der Waals surface area contributed by atoms with E-state index in [9.17, 15) is 9.59 Å².